The molecule has 11 heteroatoms. The third-order valence-electron chi connectivity index (χ3n) is 9.27. The lowest BCUT2D eigenvalue weighted by Crippen LogP contribution is -2.55. The van der Waals surface area contributed by atoms with E-state index in [2.05, 4.69) is 21.3 Å². The molecule has 3 atom stereocenters. The Balaban J connectivity index is 1.41. The Morgan fingerprint density at radius 3 is 2.66 bits per heavy atom. The predicted octanol–water partition coefficient (Wildman–Crippen LogP) is 6.29. The maximum atomic E-state index is 9.96. The Hall–Kier alpha value is -3.46. The van der Waals surface area contributed by atoms with Crippen LogP contribution in [0.4, 0.5) is 0 Å². The number of pyridine rings is 1. The molecule has 1 aromatic heterocycles. The fraction of sp³-hybridized carbons (Fsp3) is 0.436. The number of ether oxygens (including phenoxy) is 3. The molecule has 2 aliphatic rings. The Labute approximate surface area is 305 Å². The SMILES string of the molecule is CC(C)(CO)NCc1cc(Cl)c(OCC2(OCCCN3CCC(O)C3)C=CC=C(c3ccccc3)[C@@]2(C)Cl)cc1OCc1cncc(C#N)c1. The number of aliphatic hydroxyl groups is 2. The van der Waals surface area contributed by atoms with Crippen molar-refractivity contribution in [1.29, 1.82) is 5.26 Å². The molecule has 3 N–H and O–H groups in total. The molecule has 0 amide bonds. The van der Waals surface area contributed by atoms with E-state index in [1.807, 2.05) is 69.3 Å². The van der Waals surface area contributed by atoms with Crippen LogP contribution in [-0.2, 0) is 17.9 Å². The molecule has 50 heavy (non-hydrogen) atoms. The summed E-state index contributed by atoms with van der Waals surface area (Å²) >= 11 is 14.4. The van der Waals surface area contributed by atoms with Crippen molar-refractivity contribution in [2.45, 2.75) is 68.9 Å². The van der Waals surface area contributed by atoms with E-state index in [4.69, 9.17) is 37.4 Å². The van der Waals surface area contributed by atoms with Crippen LogP contribution in [0.5, 0.6) is 11.5 Å². The predicted molar refractivity (Wildman–Crippen MR) is 196 cm³/mol. The number of nitriles is 1. The molecule has 0 spiro atoms. The van der Waals surface area contributed by atoms with E-state index in [0.29, 0.717) is 41.8 Å². The number of hydrogen-bond acceptors (Lipinski definition) is 9. The summed E-state index contributed by atoms with van der Waals surface area (Å²) in [5.74, 6) is 0.912. The zero-order valence-electron chi connectivity index (χ0n) is 28.9. The molecule has 1 saturated heterocycles. The van der Waals surface area contributed by atoms with Crippen LogP contribution in [0.25, 0.3) is 5.57 Å². The lowest BCUT2D eigenvalue weighted by Gasteiger charge is -2.45. The normalized spacial score (nSPS) is 22.3. The van der Waals surface area contributed by atoms with Crippen LogP contribution < -0.4 is 14.8 Å². The summed E-state index contributed by atoms with van der Waals surface area (Å²) in [6.45, 7) is 9.06. The summed E-state index contributed by atoms with van der Waals surface area (Å²) in [6, 6.07) is 17.4. The molecular formula is C39H46Cl2N4O5. The van der Waals surface area contributed by atoms with Crippen LogP contribution in [0, 0.1) is 11.3 Å². The van der Waals surface area contributed by atoms with Crippen molar-refractivity contribution < 1.29 is 24.4 Å². The van der Waals surface area contributed by atoms with Crippen LogP contribution in [0.1, 0.15) is 55.9 Å². The number of allylic oxidation sites excluding steroid dienone is 2. The van der Waals surface area contributed by atoms with Crippen LogP contribution in [-0.4, -0.2) is 81.7 Å². The maximum Gasteiger partial charge on any atom is 0.143 e. The third-order valence-corrected chi connectivity index (χ3v) is 10.1. The molecule has 5 rings (SSSR count). The molecule has 1 fully saturated rings. The zero-order valence-corrected chi connectivity index (χ0v) is 30.4. The van der Waals surface area contributed by atoms with Gasteiger partial charge in [-0.1, -0.05) is 54.1 Å². The van der Waals surface area contributed by atoms with E-state index >= 15 is 0 Å². The van der Waals surface area contributed by atoms with Gasteiger partial charge < -0.3 is 34.6 Å². The van der Waals surface area contributed by atoms with Gasteiger partial charge in [0.25, 0.3) is 0 Å². The van der Waals surface area contributed by atoms with Crippen molar-refractivity contribution in [2.24, 2.45) is 0 Å². The molecule has 0 radical (unpaired) electrons. The van der Waals surface area contributed by atoms with Gasteiger partial charge in [-0.2, -0.15) is 5.26 Å². The second-order valence-corrected chi connectivity index (χ2v) is 14.9. The van der Waals surface area contributed by atoms with Crippen molar-refractivity contribution >= 4 is 28.8 Å². The lowest BCUT2D eigenvalue weighted by molar-refractivity contribution is -0.0540. The molecule has 9 nitrogen and oxygen atoms in total. The molecular weight excluding hydrogens is 675 g/mol. The summed E-state index contributed by atoms with van der Waals surface area (Å²) in [5.41, 5.74) is 2.22. The number of β-amino-alcohol motifs (C(OH)–C–C–N with tert-alkyl or cyclic N) is 1. The first-order valence-corrected chi connectivity index (χ1v) is 17.7. The Bertz CT molecular complexity index is 1710. The monoisotopic (exact) mass is 720 g/mol. The lowest BCUT2D eigenvalue weighted by atomic mass is 9.76. The van der Waals surface area contributed by atoms with Crippen LogP contribution in [0.2, 0.25) is 5.02 Å². The van der Waals surface area contributed by atoms with Gasteiger partial charge in [0.1, 0.15) is 41.3 Å². The number of nitrogens with zero attached hydrogens (tertiary/aromatic N) is 3. The second kappa shape index (κ2) is 16.7. The van der Waals surface area contributed by atoms with Crippen LogP contribution in [0.15, 0.2) is 79.2 Å². The molecule has 1 aliphatic heterocycles. The zero-order chi connectivity index (χ0) is 35.8. The first-order valence-electron chi connectivity index (χ1n) is 16.9. The summed E-state index contributed by atoms with van der Waals surface area (Å²) in [5, 5.41) is 32.8. The van der Waals surface area contributed by atoms with Crippen LogP contribution >= 0.6 is 23.2 Å². The number of rotatable bonds is 16. The summed E-state index contributed by atoms with van der Waals surface area (Å²) in [6.07, 6.45) is 10.4. The van der Waals surface area contributed by atoms with Gasteiger partial charge in [0, 0.05) is 67.9 Å². The number of aromatic nitrogens is 1. The number of alkyl halides is 1. The molecule has 3 aromatic rings. The van der Waals surface area contributed by atoms with Gasteiger partial charge in [-0.3, -0.25) is 4.98 Å². The Morgan fingerprint density at radius 2 is 1.94 bits per heavy atom. The molecule has 2 heterocycles. The van der Waals surface area contributed by atoms with E-state index in [1.54, 1.807) is 24.4 Å². The highest BCUT2D eigenvalue weighted by Gasteiger charge is 2.51. The number of likely N-dealkylation sites (tertiary alicyclic amines) is 1. The van der Waals surface area contributed by atoms with E-state index in [1.165, 1.54) is 6.20 Å². The quantitative estimate of drug-likeness (QED) is 0.116. The molecule has 1 aliphatic carbocycles. The van der Waals surface area contributed by atoms with Crippen molar-refractivity contribution in [3.05, 3.63) is 106 Å². The Kier molecular flexibility index (Phi) is 12.6. The summed E-state index contributed by atoms with van der Waals surface area (Å²) < 4.78 is 19.6. The largest absolute Gasteiger partial charge is 0.488 e. The highest BCUT2D eigenvalue weighted by Crippen LogP contribution is 2.47. The van der Waals surface area contributed by atoms with Gasteiger partial charge in [0.05, 0.1) is 23.3 Å². The molecule has 2 unspecified atom stereocenters. The standard InChI is InChI=1S/C39H46Cl2N4O5/c1-37(2,26-46)44-23-31-18-34(40)36(19-35(31)48-25-29-17-28(20-42)21-43-22-29)49-27-39(50-16-8-14-45-15-12-32(47)24-45)13-7-11-33(38(39,3)41)30-9-5-4-6-10-30/h4-7,9-11,13,17-19,21-22,32,44,46-47H,8,12,14-16,23-27H2,1-3H3/t32?,38-,39?/m1/s1. The molecule has 2 aromatic carbocycles. The van der Waals surface area contributed by atoms with Crippen molar-refractivity contribution in [2.75, 3.05) is 39.5 Å². The number of nitrogens with one attached hydrogen (secondary N) is 1. The first kappa shape index (κ1) is 37.8. The highest BCUT2D eigenvalue weighted by molar-refractivity contribution is 6.32. The Morgan fingerprint density at radius 1 is 1.14 bits per heavy atom. The minimum Gasteiger partial charge on any atom is -0.488 e. The summed E-state index contributed by atoms with van der Waals surface area (Å²) in [7, 11) is 0. The molecule has 266 valence electrons. The minimum atomic E-state index is -1.07. The van der Waals surface area contributed by atoms with Crippen molar-refractivity contribution in [3.63, 3.8) is 0 Å². The third kappa shape index (κ3) is 9.25. The average Bonchev–Trinajstić information content (AvgIpc) is 3.54. The van der Waals surface area contributed by atoms with E-state index in [9.17, 15) is 15.5 Å². The number of benzene rings is 2. The fourth-order valence-electron chi connectivity index (χ4n) is 6.12. The maximum absolute atomic E-state index is 9.96. The topological polar surface area (TPSA) is 120 Å². The van der Waals surface area contributed by atoms with Gasteiger partial charge in [0.2, 0.25) is 0 Å². The fourth-order valence-corrected chi connectivity index (χ4v) is 6.70. The number of halogens is 2. The molecule has 0 bridgehead atoms. The average molecular weight is 722 g/mol. The molecule has 0 saturated carbocycles. The first-order chi connectivity index (χ1) is 23.9. The van der Waals surface area contributed by atoms with E-state index < -0.39 is 16.0 Å². The highest BCUT2D eigenvalue weighted by atomic mass is 35.5. The number of hydrogen-bond donors (Lipinski definition) is 3. The van der Waals surface area contributed by atoms with Gasteiger partial charge in [-0.15, -0.1) is 11.6 Å². The smallest absolute Gasteiger partial charge is 0.143 e. The van der Waals surface area contributed by atoms with E-state index in [-0.39, 0.29) is 25.9 Å². The van der Waals surface area contributed by atoms with E-state index in [0.717, 1.165) is 48.2 Å². The van der Waals surface area contributed by atoms with Gasteiger partial charge >= 0.3 is 0 Å². The second-order valence-electron chi connectivity index (χ2n) is 13.7. The van der Waals surface area contributed by atoms with Gasteiger partial charge in [0.15, 0.2) is 0 Å². The summed E-state index contributed by atoms with van der Waals surface area (Å²) in [4.78, 5) is 5.38. The number of aliphatic hydroxyl groups excluding tert-OH is 2. The minimum absolute atomic E-state index is 0.0541. The van der Waals surface area contributed by atoms with Gasteiger partial charge in [-0.25, -0.2) is 0 Å². The van der Waals surface area contributed by atoms with Crippen LogP contribution in [0.3, 0.4) is 0 Å². The van der Waals surface area contributed by atoms with Crippen molar-refractivity contribution in [1.82, 2.24) is 15.2 Å². The van der Waals surface area contributed by atoms with Gasteiger partial charge in [-0.05, 0) is 63.0 Å². The van der Waals surface area contributed by atoms with Crippen molar-refractivity contribution in [3.8, 4) is 17.6 Å².